The zero-order chi connectivity index (χ0) is 11.5. The Morgan fingerprint density at radius 3 is 2.75 bits per heavy atom. The van der Waals surface area contributed by atoms with Gasteiger partial charge in [0.05, 0.1) is 17.9 Å². The van der Waals surface area contributed by atoms with Crippen LogP contribution in [0.4, 0.5) is 4.39 Å². The Labute approximate surface area is 106 Å². The van der Waals surface area contributed by atoms with Gasteiger partial charge in [0.15, 0.2) is 0 Å². The van der Waals surface area contributed by atoms with Crippen molar-refractivity contribution in [2.45, 2.75) is 6.04 Å². The Morgan fingerprint density at radius 1 is 1.44 bits per heavy atom. The van der Waals surface area contributed by atoms with Crippen LogP contribution in [-0.4, -0.2) is 12.0 Å². The van der Waals surface area contributed by atoms with Crippen LogP contribution < -0.4 is 5.32 Å². The minimum absolute atomic E-state index is 0.00465. The lowest BCUT2D eigenvalue weighted by Gasteiger charge is -2.14. The summed E-state index contributed by atoms with van der Waals surface area (Å²) in [4.78, 5) is 5.24. The largest absolute Gasteiger partial charge is 0.307 e. The molecule has 0 saturated heterocycles. The average Bonchev–Trinajstić information content (AvgIpc) is 2.69. The summed E-state index contributed by atoms with van der Waals surface area (Å²) >= 11 is 5.13. The number of hydrogen-bond acceptors (Lipinski definition) is 3. The molecule has 84 valence electrons. The second-order valence-electron chi connectivity index (χ2n) is 3.26. The Morgan fingerprint density at radius 2 is 2.25 bits per heavy atom. The van der Waals surface area contributed by atoms with E-state index < -0.39 is 0 Å². The van der Waals surface area contributed by atoms with Gasteiger partial charge in [-0.1, -0.05) is 0 Å². The zero-order valence-corrected chi connectivity index (χ0v) is 11.0. The van der Waals surface area contributed by atoms with Crippen molar-refractivity contribution < 1.29 is 4.39 Å². The minimum atomic E-state index is -0.316. The highest BCUT2D eigenvalue weighted by Gasteiger charge is 2.17. The highest BCUT2D eigenvalue weighted by molar-refractivity contribution is 9.10. The molecule has 0 aliphatic carbocycles. The summed E-state index contributed by atoms with van der Waals surface area (Å²) in [7, 11) is 1.86. The number of aromatic nitrogens is 1. The second kappa shape index (κ2) is 5.03. The minimum Gasteiger partial charge on any atom is -0.307 e. The van der Waals surface area contributed by atoms with E-state index in [0.29, 0.717) is 0 Å². The summed E-state index contributed by atoms with van der Waals surface area (Å²) < 4.78 is 13.8. The third-order valence-corrected chi connectivity index (χ3v) is 4.18. The van der Waals surface area contributed by atoms with Gasteiger partial charge in [0.1, 0.15) is 5.82 Å². The van der Waals surface area contributed by atoms with Crippen molar-refractivity contribution in [3.05, 3.63) is 50.6 Å². The van der Waals surface area contributed by atoms with Crippen LogP contribution >= 0.6 is 27.3 Å². The molecule has 0 fully saturated rings. The number of pyridine rings is 1. The highest BCUT2D eigenvalue weighted by Crippen LogP contribution is 2.32. The topological polar surface area (TPSA) is 24.9 Å². The molecule has 2 aromatic heterocycles. The van der Waals surface area contributed by atoms with Gasteiger partial charge >= 0.3 is 0 Å². The van der Waals surface area contributed by atoms with Gasteiger partial charge in [0, 0.05) is 9.35 Å². The first-order valence-electron chi connectivity index (χ1n) is 4.74. The lowest BCUT2D eigenvalue weighted by Crippen LogP contribution is -2.18. The smallest absolute Gasteiger partial charge is 0.141 e. The van der Waals surface area contributed by atoms with Gasteiger partial charge in [-0.2, -0.15) is 0 Å². The van der Waals surface area contributed by atoms with Gasteiger partial charge in [-0.05, 0) is 46.6 Å². The molecule has 1 N–H and O–H groups in total. The van der Waals surface area contributed by atoms with Crippen molar-refractivity contribution >= 4 is 27.3 Å². The summed E-state index contributed by atoms with van der Waals surface area (Å²) in [5.74, 6) is -0.316. The van der Waals surface area contributed by atoms with E-state index in [-0.39, 0.29) is 11.9 Å². The lowest BCUT2D eigenvalue weighted by atomic mass is 10.1. The van der Waals surface area contributed by atoms with Crippen LogP contribution in [0.15, 0.2) is 34.2 Å². The molecule has 2 heterocycles. The molecule has 0 aliphatic rings. The predicted octanol–water partition coefficient (Wildman–Crippen LogP) is 3.35. The molecule has 0 bridgehead atoms. The first kappa shape index (κ1) is 11.7. The molecule has 5 heteroatoms. The van der Waals surface area contributed by atoms with Crippen LogP contribution in [0, 0.1) is 5.82 Å². The summed E-state index contributed by atoms with van der Waals surface area (Å²) in [5.41, 5.74) is 0.812. The Balaban J connectivity index is 2.37. The Bertz CT molecular complexity index is 469. The molecule has 0 amide bonds. The summed E-state index contributed by atoms with van der Waals surface area (Å²) in [6.07, 6.45) is 1.24. The van der Waals surface area contributed by atoms with E-state index in [1.807, 2.05) is 18.5 Å². The van der Waals surface area contributed by atoms with E-state index in [4.69, 9.17) is 0 Å². The SMILES string of the molecule is CNC(c1ccc(F)cn1)c1sccc1Br. The van der Waals surface area contributed by atoms with Crippen molar-refractivity contribution in [3.8, 4) is 0 Å². The molecule has 2 nitrogen and oxygen atoms in total. The molecule has 0 spiro atoms. The number of rotatable bonds is 3. The van der Waals surface area contributed by atoms with Crippen LogP contribution in [0.25, 0.3) is 0 Å². The maximum absolute atomic E-state index is 12.8. The molecule has 1 unspecified atom stereocenters. The molecule has 2 aromatic rings. The monoisotopic (exact) mass is 300 g/mol. The summed E-state index contributed by atoms with van der Waals surface area (Å²) in [6, 6.07) is 5.11. The van der Waals surface area contributed by atoms with E-state index in [1.54, 1.807) is 17.4 Å². The van der Waals surface area contributed by atoms with Crippen molar-refractivity contribution in [1.29, 1.82) is 0 Å². The summed E-state index contributed by atoms with van der Waals surface area (Å²) in [6.45, 7) is 0. The lowest BCUT2D eigenvalue weighted by molar-refractivity contribution is 0.611. The fraction of sp³-hybridized carbons (Fsp3) is 0.182. The third kappa shape index (κ3) is 2.31. The van der Waals surface area contributed by atoms with E-state index >= 15 is 0 Å². The molecule has 0 aliphatic heterocycles. The van der Waals surface area contributed by atoms with Crippen LogP contribution in [-0.2, 0) is 0 Å². The molecule has 0 radical (unpaired) electrons. The van der Waals surface area contributed by atoms with Gasteiger partial charge in [-0.25, -0.2) is 4.39 Å². The molecule has 2 rings (SSSR count). The van der Waals surface area contributed by atoms with Crippen LogP contribution in [0.2, 0.25) is 0 Å². The van der Waals surface area contributed by atoms with E-state index in [2.05, 4.69) is 26.2 Å². The van der Waals surface area contributed by atoms with E-state index in [1.165, 1.54) is 12.3 Å². The Hall–Kier alpha value is -0.780. The standard InChI is InChI=1S/C11H10BrFN2S/c1-14-10(11-8(12)4-5-16-11)9-3-2-7(13)6-15-9/h2-6,10,14H,1H3. The molecule has 1 atom stereocenters. The molecular formula is C11H10BrFN2S. The number of nitrogens with zero attached hydrogens (tertiary/aromatic N) is 1. The molecule has 0 saturated carbocycles. The number of nitrogens with one attached hydrogen (secondary N) is 1. The maximum atomic E-state index is 12.8. The van der Waals surface area contributed by atoms with Crippen molar-refractivity contribution in [3.63, 3.8) is 0 Å². The quantitative estimate of drug-likeness (QED) is 0.940. The second-order valence-corrected chi connectivity index (χ2v) is 5.06. The van der Waals surface area contributed by atoms with Crippen LogP contribution in [0.5, 0.6) is 0 Å². The van der Waals surface area contributed by atoms with Gasteiger partial charge < -0.3 is 5.32 Å². The first-order valence-corrected chi connectivity index (χ1v) is 6.41. The highest BCUT2D eigenvalue weighted by atomic mass is 79.9. The predicted molar refractivity (Wildman–Crippen MR) is 67.1 cm³/mol. The average molecular weight is 301 g/mol. The maximum Gasteiger partial charge on any atom is 0.141 e. The van der Waals surface area contributed by atoms with Gasteiger partial charge in [0.2, 0.25) is 0 Å². The van der Waals surface area contributed by atoms with Gasteiger partial charge in [0.25, 0.3) is 0 Å². The van der Waals surface area contributed by atoms with Crippen molar-refractivity contribution in [2.75, 3.05) is 7.05 Å². The molecular weight excluding hydrogens is 291 g/mol. The fourth-order valence-corrected chi connectivity index (χ4v) is 3.21. The first-order chi connectivity index (χ1) is 7.72. The third-order valence-electron chi connectivity index (χ3n) is 2.24. The van der Waals surface area contributed by atoms with Crippen molar-refractivity contribution in [2.24, 2.45) is 0 Å². The molecule has 16 heavy (non-hydrogen) atoms. The van der Waals surface area contributed by atoms with E-state index in [0.717, 1.165) is 15.0 Å². The van der Waals surface area contributed by atoms with Gasteiger partial charge in [-0.3, -0.25) is 4.98 Å². The van der Waals surface area contributed by atoms with Crippen molar-refractivity contribution in [1.82, 2.24) is 10.3 Å². The number of halogens is 2. The van der Waals surface area contributed by atoms with E-state index in [9.17, 15) is 4.39 Å². The number of thiophene rings is 1. The summed E-state index contributed by atoms with van der Waals surface area (Å²) in [5, 5.41) is 5.18. The zero-order valence-electron chi connectivity index (χ0n) is 8.58. The van der Waals surface area contributed by atoms with Crippen LogP contribution in [0.3, 0.4) is 0 Å². The number of hydrogen-bond donors (Lipinski definition) is 1. The van der Waals surface area contributed by atoms with Gasteiger partial charge in [-0.15, -0.1) is 11.3 Å². The van der Waals surface area contributed by atoms with Crippen LogP contribution in [0.1, 0.15) is 16.6 Å². The molecule has 0 aromatic carbocycles. The normalized spacial score (nSPS) is 12.7. The Kier molecular flexibility index (Phi) is 3.68. The fourth-order valence-electron chi connectivity index (χ4n) is 1.48.